The summed E-state index contributed by atoms with van der Waals surface area (Å²) < 4.78 is 65.0. The largest absolute Gasteiger partial charge is 0.459 e. The van der Waals surface area contributed by atoms with Gasteiger partial charge in [-0.3, -0.25) is 0 Å². The van der Waals surface area contributed by atoms with E-state index in [1.165, 1.54) is 18.6 Å². The van der Waals surface area contributed by atoms with Gasteiger partial charge in [-0.2, -0.15) is 0 Å². The molecule has 0 unspecified atom stereocenters. The lowest BCUT2D eigenvalue weighted by atomic mass is 9.76. The van der Waals surface area contributed by atoms with Crippen molar-refractivity contribution in [1.29, 1.82) is 0 Å². The molecule has 2 aromatic carbocycles. The van der Waals surface area contributed by atoms with Crippen molar-refractivity contribution in [2.24, 2.45) is 5.92 Å². The standard InChI is InChI=1S/C33H42F4O2/c1-3-5-6-8-24-15-18-28(32(37)29(24)34)33(38)39-25-16-13-23(14-17-25)27-20-19-26(30(35)31(27)36)22-11-9-21(7-4-2)10-12-22/h15,18-23,25H,3-14,16-17H2,1-2H3. The highest BCUT2D eigenvalue weighted by Crippen LogP contribution is 2.41. The highest BCUT2D eigenvalue weighted by atomic mass is 19.2. The van der Waals surface area contributed by atoms with Gasteiger partial charge in [-0.1, -0.05) is 57.7 Å². The third-order valence-corrected chi connectivity index (χ3v) is 8.95. The summed E-state index contributed by atoms with van der Waals surface area (Å²) >= 11 is 0. The number of hydrogen-bond donors (Lipinski definition) is 0. The van der Waals surface area contributed by atoms with Crippen LogP contribution in [0.1, 0.15) is 136 Å². The van der Waals surface area contributed by atoms with Gasteiger partial charge in [-0.15, -0.1) is 0 Å². The molecule has 0 radical (unpaired) electrons. The van der Waals surface area contributed by atoms with Gasteiger partial charge in [0.05, 0.1) is 5.56 Å². The molecule has 0 aliphatic heterocycles. The van der Waals surface area contributed by atoms with Crippen LogP contribution in [0, 0.1) is 29.2 Å². The van der Waals surface area contributed by atoms with E-state index < -0.39 is 40.9 Å². The lowest BCUT2D eigenvalue weighted by molar-refractivity contribution is 0.0188. The SMILES string of the molecule is CCCCCc1ccc(C(=O)OC2CCC(c3ccc(C4CCC(CCC)CC4)c(F)c3F)CC2)c(F)c1F. The maximum absolute atomic E-state index is 15.2. The van der Waals surface area contributed by atoms with Gasteiger partial charge >= 0.3 is 5.97 Å². The van der Waals surface area contributed by atoms with E-state index in [-0.39, 0.29) is 17.4 Å². The molecule has 4 rings (SSSR count). The molecule has 0 aromatic heterocycles. The lowest BCUT2D eigenvalue weighted by Crippen LogP contribution is -2.25. The van der Waals surface area contributed by atoms with Crippen molar-refractivity contribution >= 4 is 5.97 Å². The second-order valence-corrected chi connectivity index (χ2v) is 11.6. The first-order valence-corrected chi connectivity index (χ1v) is 15.0. The minimum absolute atomic E-state index is 0.0763. The first kappa shape index (κ1) is 29.6. The molecule has 0 bridgehead atoms. The van der Waals surface area contributed by atoms with Crippen LogP contribution in [0.25, 0.3) is 0 Å². The summed E-state index contributed by atoms with van der Waals surface area (Å²) in [6, 6.07) is 6.26. The van der Waals surface area contributed by atoms with E-state index in [9.17, 15) is 13.6 Å². The normalized spacial score (nSPS) is 23.5. The zero-order valence-electron chi connectivity index (χ0n) is 23.3. The number of ether oxygens (including phenoxy) is 1. The lowest BCUT2D eigenvalue weighted by Gasteiger charge is -2.31. The van der Waals surface area contributed by atoms with Crippen molar-refractivity contribution in [3.8, 4) is 0 Å². The fourth-order valence-corrected chi connectivity index (χ4v) is 6.59. The number of carbonyl (C=O) groups is 1. The van der Waals surface area contributed by atoms with Gasteiger partial charge in [0.15, 0.2) is 23.3 Å². The Morgan fingerprint density at radius 1 is 0.718 bits per heavy atom. The smallest absolute Gasteiger partial charge is 0.341 e. The molecule has 39 heavy (non-hydrogen) atoms. The molecule has 2 saturated carbocycles. The van der Waals surface area contributed by atoms with E-state index >= 15 is 8.78 Å². The Labute approximate surface area is 230 Å². The molecular formula is C33H42F4O2. The van der Waals surface area contributed by atoms with E-state index in [1.54, 1.807) is 12.1 Å². The van der Waals surface area contributed by atoms with Gasteiger partial charge in [0, 0.05) is 0 Å². The van der Waals surface area contributed by atoms with Crippen LogP contribution in [0.15, 0.2) is 24.3 Å². The highest BCUT2D eigenvalue weighted by Gasteiger charge is 2.31. The summed E-state index contributed by atoms with van der Waals surface area (Å²) in [6.45, 7) is 4.22. The Morgan fingerprint density at radius 3 is 1.87 bits per heavy atom. The minimum Gasteiger partial charge on any atom is -0.459 e. The molecule has 2 aromatic rings. The number of esters is 1. The van der Waals surface area contributed by atoms with E-state index in [0.717, 1.165) is 51.4 Å². The topological polar surface area (TPSA) is 26.3 Å². The zero-order valence-corrected chi connectivity index (χ0v) is 23.3. The summed E-state index contributed by atoms with van der Waals surface area (Å²) in [7, 11) is 0. The van der Waals surface area contributed by atoms with E-state index in [2.05, 4.69) is 6.92 Å². The van der Waals surface area contributed by atoms with Crippen molar-refractivity contribution < 1.29 is 27.1 Å². The van der Waals surface area contributed by atoms with Crippen LogP contribution >= 0.6 is 0 Å². The molecule has 6 heteroatoms. The monoisotopic (exact) mass is 546 g/mol. The molecule has 2 fully saturated rings. The van der Waals surface area contributed by atoms with Crippen molar-refractivity contribution in [1.82, 2.24) is 0 Å². The first-order valence-electron chi connectivity index (χ1n) is 15.0. The molecule has 2 nitrogen and oxygen atoms in total. The van der Waals surface area contributed by atoms with E-state index in [0.29, 0.717) is 49.1 Å². The fourth-order valence-electron chi connectivity index (χ4n) is 6.59. The number of carbonyl (C=O) groups excluding carboxylic acids is 1. The van der Waals surface area contributed by atoms with Crippen molar-refractivity contribution in [2.75, 3.05) is 0 Å². The van der Waals surface area contributed by atoms with Crippen molar-refractivity contribution in [3.05, 3.63) is 69.8 Å². The summed E-state index contributed by atoms with van der Waals surface area (Å²) in [5, 5.41) is 0. The Morgan fingerprint density at radius 2 is 1.31 bits per heavy atom. The van der Waals surface area contributed by atoms with E-state index in [1.807, 2.05) is 6.92 Å². The molecule has 2 aliphatic carbocycles. The van der Waals surface area contributed by atoms with Crippen LogP contribution in [0.2, 0.25) is 0 Å². The summed E-state index contributed by atoms with van der Waals surface area (Å²) in [4.78, 5) is 12.6. The van der Waals surface area contributed by atoms with Crippen LogP contribution in [0.3, 0.4) is 0 Å². The van der Waals surface area contributed by atoms with Gasteiger partial charge in [0.25, 0.3) is 0 Å². The van der Waals surface area contributed by atoms with Crippen LogP contribution in [0.5, 0.6) is 0 Å². The van der Waals surface area contributed by atoms with Gasteiger partial charge in [-0.05, 0) is 105 Å². The third-order valence-electron chi connectivity index (χ3n) is 8.95. The Hall–Kier alpha value is -2.37. The summed E-state index contributed by atoms with van der Waals surface area (Å²) in [6.07, 6.45) is 10.9. The molecule has 0 saturated heterocycles. The molecule has 0 amide bonds. The number of halogens is 4. The average molecular weight is 547 g/mol. The van der Waals surface area contributed by atoms with Crippen LogP contribution in [-0.2, 0) is 11.2 Å². The maximum atomic E-state index is 15.2. The van der Waals surface area contributed by atoms with E-state index in [4.69, 9.17) is 4.74 Å². The van der Waals surface area contributed by atoms with Crippen molar-refractivity contribution in [3.63, 3.8) is 0 Å². The van der Waals surface area contributed by atoms with Gasteiger partial charge in [0.2, 0.25) is 0 Å². The minimum atomic E-state index is -1.17. The van der Waals surface area contributed by atoms with Gasteiger partial charge in [-0.25, -0.2) is 22.4 Å². The quantitative estimate of drug-likeness (QED) is 0.168. The second-order valence-electron chi connectivity index (χ2n) is 11.6. The average Bonchev–Trinajstić information content (AvgIpc) is 2.94. The molecule has 2 aliphatic rings. The maximum Gasteiger partial charge on any atom is 0.341 e. The first-order chi connectivity index (χ1) is 18.8. The Balaban J connectivity index is 1.33. The van der Waals surface area contributed by atoms with Crippen LogP contribution < -0.4 is 0 Å². The molecular weight excluding hydrogens is 504 g/mol. The predicted octanol–water partition coefficient (Wildman–Crippen LogP) is 9.93. The summed E-state index contributed by atoms with van der Waals surface area (Å²) in [5.41, 5.74) is 0.746. The Bertz CT molecular complexity index is 1120. The highest BCUT2D eigenvalue weighted by molar-refractivity contribution is 5.90. The molecule has 214 valence electrons. The number of unbranched alkanes of at least 4 members (excludes halogenated alkanes) is 2. The number of rotatable bonds is 10. The molecule has 0 heterocycles. The Kier molecular flexibility index (Phi) is 10.5. The third kappa shape index (κ3) is 7.05. The fraction of sp³-hybridized carbons (Fsp3) is 0.606. The summed E-state index contributed by atoms with van der Waals surface area (Å²) in [5.74, 6) is -3.89. The number of benzene rings is 2. The molecule has 0 N–H and O–H groups in total. The predicted molar refractivity (Wildman–Crippen MR) is 146 cm³/mol. The van der Waals surface area contributed by atoms with Gasteiger partial charge < -0.3 is 4.74 Å². The molecule has 0 spiro atoms. The van der Waals surface area contributed by atoms with Crippen LogP contribution in [0.4, 0.5) is 17.6 Å². The van der Waals surface area contributed by atoms with Crippen molar-refractivity contribution in [2.45, 2.75) is 122 Å². The van der Waals surface area contributed by atoms with Crippen LogP contribution in [-0.4, -0.2) is 12.1 Å². The number of hydrogen-bond acceptors (Lipinski definition) is 2. The molecule has 0 atom stereocenters. The van der Waals surface area contributed by atoms with Gasteiger partial charge in [0.1, 0.15) is 6.10 Å². The second kappa shape index (κ2) is 13.8. The zero-order chi connectivity index (χ0) is 27.9. The number of aryl methyl sites for hydroxylation is 1.